The van der Waals surface area contributed by atoms with E-state index in [4.69, 9.17) is 0 Å². The molecule has 7 nitrogen and oxygen atoms in total. The van der Waals surface area contributed by atoms with E-state index < -0.39 is 9.84 Å². The molecule has 1 fully saturated rings. The maximum Gasteiger partial charge on any atom is 0.274 e. The second kappa shape index (κ2) is 7.82. The van der Waals surface area contributed by atoms with Crippen LogP contribution in [0.5, 0.6) is 0 Å². The van der Waals surface area contributed by atoms with Crippen molar-refractivity contribution in [1.29, 1.82) is 0 Å². The van der Waals surface area contributed by atoms with Crippen molar-refractivity contribution in [2.24, 2.45) is 0 Å². The highest BCUT2D eigenvalue weighted by molar-refractivity contribution is 7.91. The molecule has 1 aromatic carbocycles. The van der Waals surface area contributed by atoms with Gasteiger partial charge in [-0.05, 0) is 31.0 Å². The molecular formula is C18H22N4O3S. The summed E-state index contributed by atoms with van der Waals surface area (Å²) >= 11 is 0. The zero-order valence-corrected chi connectivity index (χ0v) is 15.4. The smallest absolute Gasteiger partial charge is 0.274 e. The van der Waals surface area contributed by atoms with Crippen LogP contribution in [0.1, 0.15) is 29.4 Å². The highest BCUT2D eigenvalue weighted by Crippen LogP contribution is 2.19. The number of sulfone groups is 1. The molecule has 0 radical (unpaired) electrons. The summed E-state index contributed by atoms with van der Waals surface area (Å²) in [4.78, 5) is 14.2. The molecule has 1 aliphatic heterocycles. The maximum atomic E-state index is 12.7. The van der Waals surface area contributed by atoms with Crippen LogP contribution in [0.2, 0.25) is 0 Å². The van der Waals surface area contributed by atoms with Crippen LogP contribution in [0.15, 0.2) is 42.5 Å². The van der Waals surface area contributed by atoms with Crippen LogP contribution in [0.4, 0.5) is 5.82 Å². The van der Waals surface area contributed by atoms with Gasteiger partial charge < -0.3 is 10.2 Å². The second-order valence-electron chi connectivity index (χ2n) is 6.29. The molecule has 1 unspecified atom stereocenters. The van der Waals surface area contributed by atoms with Gasteiger partial charge in [0.1, 0.15) is 5.82 Å². The molecule has 0 saturated carbocycles. The third-order valence-corrected chi connectivity index (χ3v) is 6.20. The van der Waals surface area contributed by atoms with Gasteiger partial charge in [-0.2, -0.15) is 0 Å². The number of carbonyl (C=O) groups is 1. The summed E-state index contributed by atoms with van der Waals surface area (Å²) in [6.07, 6.45) is 0.478. The van der Waals surface area contributed by atoms with E-state index in [-0.39, 0.29) is 29.1 Å². The van der Waals surface area contributed by atoms with Crippen LogP contribution in [-0.2, 0) is 16.4 Å². The summed E-state index contributed by atoms with van der Waals surface area (Å²) < 4.78 is 23.4. The molecule has 26 heavy (non-hydrogen) atoms. The van der Waals surface area contributed by atoms with Crippen molar-refractivity contribution >= 4 is 21.6 Å². The predicted octanol–water partition coefficient (Wildman–Crippen LogP) is 1.74. The van der Waals surface area contributed by atoms with Gasteiger partial charge in [-0.25, -0.2) is 8.42 Å². The van der Waals surface area contributed by atoms with Crippen molar-refractivity contribution < 1.29 is 13.2 Å². The zero-order chi connectivity index (χ0) is 18.6. The van der Waals surface area contributed by atoms with Crippen molar-refractivity contribution in [2.75, 3.05) is 23.4 Å². The normalized spacial score (nSPS) is 18.4. The number of benzene rings is 1. The molecule has 1 N–H and O–H groups in total. The first-order valence-corrected chi connectivity index (χ1v) is 10.4. The molecular weight excluding hydrogens is 352 g/mol. The first-order valence-electron chi connectivity index (χ1n) is 8.61. The van der Waals surface area contributed by atoms with Crippen LogP contribution in [0.25, 0.3) is 0 Å². The lowest BCUT2D eigenvalue weighted by Gasteiger charge is -2.26. The number of hydrogen-bond donors (Lipinski definition) is 1. The van der Waals surface area contributed by atoms with Crippen LogP contribution in [0.3, 0.4) is 0 Å². The minimum absolute atomic E-state index is 0.0245. The number of amides is 1. The van der Waals surface area contributed by atoms with E-state index in [0.717, 1.165) is 5.56 Å². The Labute approximate surface area is 153 Å². The summed E-state index contributed by atoms with van der Waals surface area (Å²) in [6.45, 7) is 2.89. The molecule has 1 aromatic heterocycles. The Morgan fingerprint density at radius 1 is 1.19 bits per heavy atom. The average Bonchev–Trinajstić information content (AvgIpc) is 3.01. The van der Waals surface area contributed by atoms with Gasteiger partial charge in [0.05, 0.1) is 11.5 Å². The highest BCUT2D eigenvalue weighted by atomic mass is 32.2. The predicted molar refractivity (Wildman–Crippen MR) is 99.6 cm³/mol. The van der Waals surface area contributed by atoms with Gasteiger partial charge in [-0.15, -0.1) is 10.2 Å². The Morgan fingerprint density at radius 3 is 2.54 bits per heavy atom. The number of nitrogens with one attached hydrogen (secondary N) is 1. The highest BCUT2D eigenvalue weighted by Gasteiger charge is 2.34. The summed E-state index contributed by atoms with van der Waals surface area (Å²) in [5, 5.41) is 11.2. The number of anilines is 1. The molecule has 138 valence electrons. The van der Waals surface area contributed by atoms with E-state index in [2.05, 4.69) is 15.5 Å². The Kier molecular flexibility index (Phi) is 5.51. The molecule has 1 saturated heterocycles. The fraction of sp³-hybridized carbons (Fsp3) is 0.389. The monoisotopic (exact) mass is 374 g/mol. The number of aromatic nitrogens is 2. The molecule has 0 bridgehead atoms. The standard InChI is InChI=1S/C18H22N4O3S/c1-2-22(15-10-11-26(24,25)13-15)18(23)16-8-9-17(21-20-16)19-12-14-6-4-3-5-7-14/h3-9,15H,2,10-13H2,1H3,(H,19,21). The van der Waals surface area contributed by atoms with Gasteiger partial charge in [0.25, 0.3) is 5.91 Å². The topological polar surface area (TPSA) is 92.3 Å². The van der Waals surface area contributed by atoms with E-state index in [0.29, 0.717) is 25.3 Å². The molecule has 1 amide bonds. The van der Waals surface area contributed by atoms with Crippen molar-refractivity contribution in [3.05, 3.63) is 53.7 Å². The van der Waals surface area contributed by atoms with E-state index >= 15 is 0 Å². The van der Waals surface area contributed by atoms with Crippen molar-refractivity contribution in [2.45, 2.75) is 25.9 Å². The zero-order valence-electron chi connectivity index (χ0n) is 14.6. The van der Waals surface area contributed by atoms with E-state index in [1.807, 2.05) is 37.3 Å². The second-order valence-corrected chi connectivity index (χ2v) is 8.52. The molecule has 2 aromatic rings. The minimum atomic E-state index is -3.05. The number of rotatable bonds is 6. The Balaban J connectivity index is 1.64. The number of carbonyl (C=O) groups excluding carboxylic acids is 1. The first-order chi connectivity index (χ1) is 12.5. The fourth-order valence-electron chi connectivity index (χ4n) is 3.07. The summed E-state index contributed by atoms with van der Waals surface area (Å²) in [6, 6.07) is 13.0. The lowest BCUT2D eigenvalue weighted by Crippen LogP contribution is -2.41. The first kappa shape index (κ1) is 18.3. The van der Waals surface area contributed by atoms with E-state index in [1.165, 1.54) is 0 Å². The molecule has 3 rings (SSSR count). The Hall–Kier alpha value is -2.48. The fourth-order valence-corrected chi connectivity index (χ4v) is 4.80. The van der Waals surface area contributed by atoms with Gasteiger partial charge >= 0.3 is 0 Å². The Morgan fingerprint density at radius 2 is 1.96 bits per heavy atom. The lowest BCUT2D eigenvalue weighted by molar-refractivity contribution is 0.0701. The van der Waals surface area contributed by atoms with Gasteiger partial charge in [0.15, 0.2) is 15.5 Å². The van der Waals surface area contributed by atoms with Gasteiger partial charge in [0, 0.05) is 19.1 Å². The van der Waals surface area contributed by atoms with Gasteiger partial charge in [-0.3, -0.25) is 4.79 Å². The summed E-state index contributed by atoms with van der Waals surface area (Å²) in [5.74, 6) is 0.459. The van der Waals surface area contributed by atoms with Crippen LogP contribution >= 0.6 is 0 Å². The lowest BCUT2D eigenvalue weighted by atomic mass is 10.2. The van der Waals surface area contributed by atoms with Crippen molar-refractivity contribution in [1.82, 2.24) is 15.1 Å². The molecule has 2 heterocycles. The molecule has 1 atom stereocenters. The average molecular weight is 374 g/mol. The quantitative estimate of drug-likeness (QED) is 0.828. The van der Waals surface area contributed by atoms with Gasteiger partial charge in [0.2, 0.25) is 0 Å². The van der Waals surface area contributed by atoms with Crippen molar-refractivity contribution in [3.8, 4) is 0 Å². The van der Waals surface area contributed by atoms with E-state index in [1.54, 1.807) is 17.0 Å². The summed E-state index contributed by atoms with van der Waals surface area (Å²) in [7, 11) is -3.05. The molecule has 0 spiro atoms. The minimum Gasteiger partial charge on any atom is -0.365 e. The number of hydrogen-bond acceptors (Lipinski definition) is 6. The third kappa shape index (κ3) is 4.37. The van der Waals surface area contributed by atoms with Gasteiger partial charge in [-0.1, -0.05) is 30.3 Å². The summed E-state index contributed by atoms with van der Waals surface area (Å²) in [5.41, 5.74) is 1.34. The molecule has 0 aliphatic carbocycles. The molecule has 1 aliphatic rings. The molecule has 8 heteroatoms. The van der Waals surface area contributed by atoms with Crippen LogP contribution in [-0.4, -0.2) is 53.5 Å². The van der Waals surface area contributed by atoms with E-state index in [9.17, 15) is 13.2 Å². The Bertz CT molecular complexity index is 854. The third-order valence-electron chi connectivity index (χ3n) is 4.45. The van der Waals surface area contributed by atoms with Crippen LogP contribution < -0.4 is 5.32 Å². The van der Waals surface area contributed by atoms with Crippen molar-refractivity contribution in [3.63, 3.8) is 0 Å². The largest absolute Gasteiger partial charge is 0.365 e. The van der Waals surface area contributed by atoms with Crippen LogP contribution in [0, 0.1) is 0 Å². The number of nitrogens with zero attached hydrogens (tertiary/aromatic N) is 3. The maximum absolute atomic E-state index is 12.7. The SMILES string of the molecule is CCN(C(=O)c1ccc(NCc2ccccc2)nn1)C1CCS(=O)(=O)C1.